The highest BCUT2D eigenvalue weighted by Crippen LogP contribution is 2.33. The Hall–Kier alpha value is -1.94. The molecule has 2 rings (SSSR count). The maximum absolute atomic E-state index is 11.6. The van der Waals surface area contributed by atoms with Crippen molar-refractivity contribution >= 4 is 25.9 Å². The van der Waals surface area contributed by atoms with Gasteiger partial charge in [0, 0.05) is 24.3 Å². The van der Waals surface area contributed by atoms with Gasteiger partial charge < -0.3 is 4.90 Å². The van der Waals surface area contributed by atoms with Gasteiger partial charge in [-0.05, 0) is 43.5 Å². The summed E-state index contributed by atoms with van der Waals surface area (Å²) in [5.41, 5.74) is 2.63. The minimum atomic E-state index is -4.34. The fourth-order valence-electron chi connectivity index (χ4n) is 2.93. The summed E-state index contributed by atoms with van der Waals surface area (Å²) in [6.07, 6.45) is 0.255. The third-order valence-corrected chi connectivity index (χ3v) is 6.03. The molecule has 0 radical (unpaired) electrons. The van der Waals surface area contributed by atoms with E-state index in [9.17, 15) is 21.4 Å². The van der Waals surface area contributed by atoms with Gasteiger partial charge in [0.1, 0.15) is 0 Å². The maximum atomic E-state index is 11.6. The highest BCUT2D eigenvalue weighted by molar-refractivity contribution is 7.86. The second-order valence-electron chi connectivity index (χ2n) is 6.19. The van der Waals surface area contributed by atoms with Crippen LogP contribution in [0.25, 0.3) is 11.1 Å². The van der Waals surface area contributed by atoms with Gasteiger partial charge in [-0.25, -0.2) is 0 Å². The molecule has 27 heavy (non-hydrogen) atoms. The van der Waals surface area contributed by atoms with E-state index in [0.29, 0.717) is 24.2 Å². The molecule has 2 aromatic rings. The monoisotopic (exact) mass is 413 g/mol. The number of anilines is 1. The molecule has 7 nitrogen and oxygen atoms in total. The van der Waals surface area contributed by atoms with E-state index in [1.807, 2.05) is 36.1 Å². The Bertz CT molecular complexity index is 1020. The number of rotatable bonds is 8. The average molecular weight is 414 g/mol. The Morgan fingerprint density at radius 3 is 2.26 bits per heavy atom. The van der Waals surface area contributed by atoms with Crippen LogP contribution < -0.4 is 4.90 Å². The molecule has 0 fully saturated rings. The van der Waals surface area contributed by atoms with Gasteiger partial charge >= 0.3 is 0 Å². The van der Waals surface area contributed by atoms with Crippen molar-refractivity contribution in [3.63, 3.8) is 0 Å². The lowest BCUT2D eigenvalue weighted by Crippen LogP contribution is -2.26. The van der Waals surface area contributed by atoms with Crippen LogP contribution in [0.1, 0.15) is 18.9 Å². The molecule has 0 atom stereocenters. The number of aryl methyl sites for hydroxylation is 1. The smallest absolute Gasteiger partial charge is 0.294 e. The van der Waals surface area contributed by atoms with E-state index in [0.717, 1.165) is 11.3 Å². The molecular weight excluding hydrogens is 390 g/mol. The number of nitrogens with zero attached hydrogens (tertiary/aromatic N) is 1. The van der Waals surface area contributed by atoms with Gasteiger partial charge in [-0.3, -0.25) is 9.11 Å². The van der Waals surface area contributed by atoms with Crippen LogP contribution in [0.5, 0.6) is 0 Å². The minimum Gasteiger partial charge on any atom is -0.371 e. The van der Waals surface area contributed by atoms with Gasteiger partial charge in [0.05, 0.1) is 10.6 Å². The molecule has 0 unspecified atom stereocenters. The van der Waals surface area contributed by atoms with Crippen LogP contribution in [0.4, 0.5) is 5.69 Å². The van der Waals surface area contributed by atoms with Crippen LogP contribution in [0.15, 0.2) is 47.4 Å². The Morgan fingerprint density at radius 1 is 1.00 bits per heavy atom. The number of hydrogen-bond donors (Lipinski definition) is 2. The first-order valence-corrected chi connectivity index (χ1v) is 11.5. The largest absolute Gasteiger partial charge is 0.371 e. The highest BCUT2D eigenvalue weighted by atomic mass is 32.2. The van der Waals surface area contributed by atoms with Gasteiger partial charge in [0.2, 0.25) is 0 Å². The lowest BCUT2D eigenvalue weighted by Gasteiger charge is -2.26. The van der Waals surface area contributed by atoms with Crippen molar-refractivity contribution in [2.24, 2.45) is 0 Å². The minimum absolute atomic E-state index is 0.149. The highest BCUT2D eigenvalue weighted by Gasteiger charge is 2.17. The lowest BCUT2D eigenvalue weighted by molar-refractivity contribution is 0.479. The van der Waals surface area contributed by atoms with Crippen LogP contribution in [0.3, 0.4) is 0 Å². The molecule has 0 aromatic heterocycles. The van der Waals surface area contributed by atoms with E-state index in [1.54, 1.807) is 19.1 Å². The van der Waals surface area contributed by atoms with Gasteiger partial charge in [-0.15, -0.1) is 0 Å². The molecular formula is C18H23NO6S2. The van der Waals surface area contributed by atoms with Gasteiger partial charge in [0.15, 0.2) is 0 Å². The van der Waals surface area contributed by atoms with Crippen molar-refractivity contribution in [1.82, 2.24) is 0 Å². The molecule has 0 saturated heterocycles. The Morgan fingerprint density at radius 2 is 1.67 bits per heavy atom. The van der Waals surface area contributed by atoms with Gasteiger partial charge in [-0.1, -0.05) is 30.3 Å². The molecule has 148 valence electrons. The van der Waals surface area contributed by atoms with E-state index in [2.05, 4.69) is 0 Å². The maximum Gasteiger partial charge on any atom is 0.294 e. The van der Waals surface area contributed by atoms with Crippen LogP contribution in [0, 0.1) is 6.92 Å². The van der Waals surface area contributed by atoms with Crippen LogP contribution in [-0.2, 0) is 20.2 Å². The van der Waals surface area contributed by atoms with Crippen molar-refractivity contribution in [3.05, 3.63) is 48.0 Å². The lowest BCUT2D eigenvalue weighted by atomic mass is 10.0. The van der Waals surface area contributed by atoms with E-state index < -0.39 is 20.2 Å². The fourth-order valence-corrected chi connectivity index (χ4v) is 4.17. The zero-order chi connectivity index (χ0) is 20.2. The molecule has 2 N–H and O–H groups in total. The van der Waals surface area contributed by atoms with E-state index in [-0.39, 0.29) is 17.1 Å². The molecule has 0 amide bonds. The summed E-state index contributed by atoms with van der Waals surface area (Å²) >= 11 is 0. The molecule has 0 bridgehead atoms. The second kappa shape index (κ2) is 8.39. The Labute approximate surface area is 160 Å². The SMILES string of the molecule is CCN(CCCS(=O)(=O)O)c1ccccc1-c1ccc(C)c(S(=O)(=O)O)c1. The number of para-hydroxylation sites is 1. The molecule has 0 saturated carbocycles. The predicted octanol–water partition coefficient (Wildman–Crippen LogP) is 3.01. The van der Waals surface area contributed by atoms with Gasteiger partial charge in [0.25, 0.3) is 20.2 Å². The van der Waals surface area contributed by atoms with Crippen molar-refractivity contribution in [2.45, 2.75) is 25.2 Å². The summed E-state index contributed by atoms with van der Waals surface area (Å²) in [4.78, 5) is 1.80. The topological polar surface area (TPSA) is 112 Å². The van der Waals surface area contributed by atoms with Crippen molar-refractivity contribution in [1.29, 1.82) is 0 Å². The van der Waals surface area contributed by atoms with Crippen molar-refractivity contribution < 1.29 is 25.9 Å². The number of hydrogen-bond acceptors (Lipinski definition) is 5. The van der Waals surface area contributed by atoms with E-state index in [1.165, 1.54) is 6.07 Å². The normalized spacial score (nSPS) is 12.1. The standard InChI is InChI=1S/C18H23NO6S2/c1-3-19(11-6-12-26(20,21)22)17-8-5-4-7-16(17)15-10-9-14(2)18(13-15)27(23,24)25/h4-5,7-10,13H,3,6,11-12H2,1-2H3,(H,20,21,22)(H,23,24,25). The molecule has 0 aliphatic heterocycles. The van der Waals surface area contributed by atoms with Crippen LogP contribution >= 0.6 is 0 Å². The molecule has 0 aliphatic carbocycles. The van der Waals surface area contributed by atoms with Gasteiger partial charge in [-0.2, -0.15) is 16.8 Å². The Balaban J connectivity index is 2.43. The molecule has 0 aliphatic rings. The van der Waals surface area contributed by atoms with Crippen molar-refractivity contribution in [3.8, 4) is 11.1 Å². The summed E-state index contributed by atoms with van der Waals surface area (Å²) in [6.45, 7) is 4.53. The average Bonchev–Trinajstić information content (AvgIpc) is 2.57. The molecule has 0 spiro atoms. The second-order valence-corrected chi connectivity index (χ2v) is 9.15. The summed E-state index contributed by atoms with van der Waals surface area (Å²) in [6, 6.07) is 12.2. The first-order chi connectivity index (χ1) is 12.5. The summed E-state index contributed by atoms with van der Waals surface area (Å²) < 4.78 is 63.5. The summed E-state index contributed by atoms with van der Waals surface area (Å²) in [5, 5.41) is 0. The van der Waals surface area contributed by atoms with E-state index >= 15 is 0 Å². The first-order valence-electron chi connectivity index (χ1n) is 8.40. The third kappa shape index (κ3) is 5.77. The zero-order valence-corrected chi connectivity index (χ0v) is 16.8. The molecule has 9 heteroatoms. The fraction of sp³-hybridized carbons (Fsp3) is 0.333. The predicted molar refractivity (Wildman–Crippen MR) is 105 cm³/mol. The van der Waals surface area contributed by atoms with E-state index in [4.69, 9.17) is 4.55 Å². The number of benzene rings is 2. The summed E-state index contributed by atoms with van der Waals surface area (Å²) in [7, 11) is -8.36. The van der Waals surface area contributed by atoms with Crippen LogP contribution in [0.2, 0.25) is 0 Å². The molecule has 0 heterocycles. The first kappa shape index (κ1) is 21.4. The summed E-state index contributed by atoms with van der Waals surface area (Å²) in [5.74, 6) is -0.330. The quantitative estimate of drug-likeness (QED) is 0.640. The Kier molecular flexibility index (Phi) is 6.63. The van der Waals surface area contributed by atoms with Crippen molar-refractivity contribution in [2.75, 3.05) is 23.7 Å². The zero-order valence-electron chi connectivity index (χ0n) is 15.2. The molecule has 2 aromatic carbocycles. The third-order valence-electron chi connectivity index (χ3n) is 4.23. The van der Waals surface area contributed by atoms with Crippen LogP contribution in [-0.4, -0.2) is 44.8 Å².